The van der Waals surface area contributed by atoms with Gasteiger partial charge < -0.3 is 26.6 Å². The van der Waals surface area contributed by atoms with E-state index in [1.165, 1.54) is 0 Å². The summed E-state index contributed by atoms with van der Waals surface area (Å²) in [6.07, 6.45) is 3.55. The first kappa shape index (κ1) is 26.6. The zero-order valence-electron chi connectivity index (χ0n) is 17.2. The average molecular weight is 499 g/mol. The van der Waals surface area contributed by atoms with Gasteiger partial charge in [-0.25, -0.2) is 14.4 Å². The van der Waals surface area contributed by atoms with Crippen LogP contribution in [0, 0.1) is 0 Å². The van der Waals surface area contributed by atoms with Gasteiger partial charge in [0, 0.05) is 23.4 Å². The maximum atomic E-state index is 11.3. The highest BCUT2D eigenvalue weighted by molar-refractivity contribution is 6.84. The van der Waals surface area contributed by atoms with Crippen LogP contribution < -0.4 is 5.19 Å². The van der Waals surface area contributed by atoms with Crippen LogP contribution in [0.5, 0.6) is 0 Å². The van der Waals surface area contributed by atoms with Crippen molar-refractivity contribution in [3.05, 3.63) is 68.3 Å². The molecule has 0 saturated heterocycles. The second kappa shape index (κ2) is 15.4. The highest BCUT2D eigenvalue weighted by atomic mass is 28.5. The Balaban J connectivity index is 2.91. The molecule has 31 heavy (non-hydrogen) atoms. The van der Waals surface area contributed by atoms with E-state index in [1.54, 1.807) is 0 Å². The van der Waals surface area contributed by atoms with Gasteiger partial charge in [0.25, 0.3) is 0 Å². The summed E-state index contributed by atoms with van der Waals surface area (Å²) in [7, 11) is -7.52. The van der Waals surface area contributed by atoms with E-state index in [-0.39, 0.29) is 18.7 Å². The standard InChI is InChI=1S/C18H26O9Si4/c1-4-16(19)22-12-28-25-31(15-10-8-7-9-11-15,26-29-13-23-17(20)5-2)27-30-14-24-18(21)6-3/h4-11H,1-3,12-14,28-30H2. The fourth-order valence-corrected chi connectivity index (χ4v) is 13.1. The molecule has 0 bridgehead atoms. The molecular weight excluding hydrogens is 473 g/mol. The van der Waals surface area contributed by atoms with Crippen molar-refractivity contribution >= 4 is 61.2 Å². The summed E-state index contributed by atoms with van der Waals surface area (Å²) in [5.74, 6) is -1.62. The van der Waals surface area contributed by atoms with Crippen LogP contribution in [0.25, 0.3) is 0 Å². The van der Waals surface area contributed by atoms with E-state index in [0.717, 1.165) is 23.4 Å². The normalized spacial score (nSPS) is 13.3. The number of benzene rings is 1. The summed E-state index contributed by atoms with van der Waals surface area (Å²) in [5.41, 5.74) is 0. The summed E-state index contributed by atoms with van der Waals surface area (Å²) >= 11 is 0. The lowest BCUT2D eigenvalue weighted by atomic mass is 10.4. The Bertz CT molecular complexity index is 688. The summed E-state index contributed by atoms with van der Waals surface area (Å²) in [5, 5.41) is 0.725. The quantitative estimate of drug-likeness (QED) is 0.0857. The molecule has 0 aliphatic rings. The summed E-state index contributed by atoms with van der Waals surface area (Å²) < 4.78 is 33.5. The van der Waals surface area contributed by atoms with Gasteiger partial charge in [0.05, 0.1) is 0 Å². The molecule has 0 aromatic heterocycles. The molecular formula is C18H26O9Si4. The summed E-state index contributed by atoms with van der Waals surface area (Å²) in [6, 6.07) is 9.14. The third-order valence-electron chi connectivity index (χ3n) is 3.49. The largest absolute Gasteiger partial charge is 0.504 e. The third-order valence-corrected chi connectivity index (χ3v) is 12.6. The Kier molecular flexibility index (Phi) is 13.2. The van der Waals surface area contributed by atoms with Crippen LogP contribution in [-0.2, 0) is 40.9 Å². The van der Waals surface area contributed by atoms with E-state index < -0.39 is 56.0 Å². The topological polar surface area (TPSA) is 107 Å². The van der Waals surface area contributed by atoms with E-state index in [2.05, 4.69) is 19.7 Å². The second-order valence-electron chi connectivity index (χ2n) is 5.58. The molecule has 168 valence electrons. The predicted octanol–water partition coefficient (Wildman–Crippen LogP) is -1.81. The van der Waals surface area contributed by atoms with E-state index in [1.807, 2.05) is 30.3 Å². The second-order valence-corrected chi connectivity index (χ2v) is 13.2. The molecule has 0 unspecified atom stereocenters. The number of ether oxygens (including phenoxy) is 3. The van der Waals surface area contributed by atoms with Crippen LogP contribution in [0.1, 0.15) is 0 Å². The van der Waals surface area contributed by atoms with E-state index in [0.29, 0.717) is 0 Å². The minimum absolute atomic E-state index is 0.110. The number of carbonyl (C=O) groups is 3. The number of hydrogen-bond donors (Lipinski definition) is 0. The van der Waals surface area contributed by atoms with Gasteiger partial charge in [-0.05, 0) is 0 Å². The van der Waals surface area contributed by atoms with Crippen molar-refractivity contribution < 1.29 is 40.9 Å². The lowest BCUT2D eigenvalue weighted by Crippen LogP contribution is -2.59. The van der Waals surface area contributed by atoms with Crippen molar-refractivity contribution in [2.75, 3.05) is 18.7 Å². The Morgan fingerprint density at radius 1 is 0.710 bits per heavy atom. The van der Waals surface area contributed by atoms with Gasteiger partial charge >= 0.3 is 26.7 Å². The van der Waals surface area contributed by atoms with Gasteiger partial charge in [-0.1, -0.05) is 50.1 Å². The Hall–Kier alpha value is -2.40. The van der Waals surface area contributed by atoms with Crippen LogP contribution in [0.3, 0.4) is 0 Å². The number of esters is 3. The van der Waals surface area contributed by atoms with Gasteiger partial charge in [-0.2, -0.15) is 0 Å². The smallest absolute Gasteiger partial charge is 0.464 e. The molecule has 0 spiro atoms. The van der Waals surface area contributed by atoms with Gasteiger partial charge in [0.2, 0.25) is 0 Å². The summed E-state index contributed by atoms with van der Waals surface area (Å²) in [4.78, 5) is 33.9. The van der Waals surface area contributed by atoms with Gasteiger partial charge in [0.1, 0.15) is 18.7 Å². The molecule has 0 aliphatic heterocycles. The molecule has 9 nitrogen and oxygen atoms in total. The molecule has 1 aromatic rings. The fraction of sp³-hybridized carbons (Fsp3) is 0.167. The first-order valence-electron chi connectivity index (χ1n) is 9.32. The lowest BCUT2D eigenvalue weighted by Gasteiger charge is -2.31. The van der Waals surface area contributed by atoms with Crippen molar-refractivity contribution in [2.45, 2.75) is 0 Å². The molecule has 1 rings (SSSR count). The van der Waals surface area contributed by atoms with Crippen molar-refractivity contribution in [1.29, 1.82) is 0 Å². The monoisotopic (exact) mass is 498 g/mol. The molecule has 1 aromatic carbocycles. The van der Waals surface area contributed by atoms with E-state index in [9.17, 15) is 14.4 Å². The highest BCUT2D eigenvalue weighted by Gasteiger charge is 2.42. The first-order valence-corrected chi connectivity index (χ1v) is 15.8. The Morgan fingerprint density at radius 3 is 1.39 bits per heavy atom. The molecule has 0 aliphatic carbocycles. The number of rotatable bonds is 16. The minimum Gasteiger partial charge on any atom is -0.464 e. The number of hydrogen-bond acceptors (Lipinski definition) is 9. The van der Waals surface area contributed by atoms with Gasteiger partial charge in [-0.15, -0.1) is 0 Å². The van der Waals surface area contributed by atoms with E-state index >= 15 is 0 Å². The molecule has 0 fully saturated rings. The maximum absolute atomic E-state index is 11.3. The molecule has 0 N–H and O–H groups in total. The lowest BCUT2D eigenvalue weighted by molar-refractivity contribution is -0.136. The fourth-order valence-electron chi connectivity index (χ4n) is 2.15. The van der Waals surface area contributed by atoms with Gasteiger partial charge in [-0.3, -0.25) is 0 Å². The predicted molar refractivity (Wildman–Crippen MR) is 124 cm³/mol. The van der Waals surface area contributed by atoms with E-state index in [4.69, 9.17) is 26.6 Å². The molecule has 13 heteroatoms. The Morgan fingerprint density at radius 2 is 1.06 bits per heavy atom. The van der Waals surface area contributed by atoms with Gasteiger partial charge in [0.15, 0.2) is 29.3 Å². The number of carbonyl (C=O) groups excluding carboxylic acids is 3. The maximum Gasteiger partial charge on any atom is 0.504 e. The van der Waals surface area contributed by atoms with Crippen molar-refractivity contribution in [3.8, 4) is 0 Å². The zero-order valence-corrected chi connectivity index (χ0v) is 22.4. The molecule has 0 heterocycles. The Labute approximate surface area is 189 Å². The van der Waals surface area contributed by atoms with Crippen LogP contribution >= 0.6 is 0 Å². The van der Waals surface area contributed by atoms with Crippen LogP contribution in [-0.4, -0.2) is 74.7 Å². The van der Waals surface area contributed by atoms with Crippen molar-refractivity contribution in [2.24, 2.45) is 0 Å². The van der Waals surface area contributed by atoms with Crippen molar-refractivity contribution in [3.63, 3.8) is 0 Å². The summed E-state index contributed by atoms with van der Waals surface area (Å²) in [6.45, 7) is 10.1. The SMILES string of the molecule is C=CC(=O)OC[SiH2]O[Si](O[SiH2]COC(=O)C=C)(O[SiH2]COC(=O)C=C)c1ccccc1. The zero-order chi connectivity index (χ0) is 23.0. The average Bonchev–Trinajstić information content (AvgIpc) is 2.81. The highest BCUT2D eigenvalue weighted by Crippen LogP contribution is 2.10. The van der Waals surface area contributed by atoms with Crippen LogP contribution in [0.4, 0.5) is 0 Å². The van der Waals surface area contributed by atoms with Crippen LogP contribution in [0.15, 0.2) is 68.3 Å². The molecule has 0 saturated carbocycles. The first-order chi connectivity index (χ1) is 15.0. The molecule has 0 amide bonds. The molecule has 0 radical (unpaired) electrons. The minimum atomic E-state index is -3.38. The molecule has 0 atom stereocenters. The third kappa shape index (κ3) is 10.5. The van der Waals surface area contributed by atoms with Crippen LogP contribution in [0.2, 0.25) is 0 Å². The van der Waals surface area contributed by atoms with Crippen molar-refractivity contribution in [1.82, 2.24) is 0 Å².